The maximum Gasteiger partial charge on any atom is 0.308 e. The van der Waals surface area contributed by atoms with Crippen LogP contribution in [-0.2, 0) is 16.0 Å². The molecule has 0 aromatic heterocycles. The summed E-state index contributed by atoms with van der Waals surface area (Å²) in [5.41, 5.74) is 1.27. The zero-order valence-electron chi connectivity index (χ0n) is 15.0. The highest BCUT2D eigenvalue weighted by Gasteiger charge is 2.25. The number of carboxylic acid groups (broad SMARTS) is 1. The molecule has 0 radical (unpaired) electrons. The standard InChI is InChI=1S/C18H24O3.C2H6/c1-5-17(21-15(4)14(3)18(19)20)13(2)11-12-16-9-7-6-8-10-16;1-2/h1,6-10,13-15,17H,11-12H2,2-4H3,(H,19,20);1-2H3. The number of rotatable bonds is 8. The molecule has 4 atom stereocenters. The lowest BCUT2D eigenvalue weighted by molar-refractivity contribution is -0.147. The van der Waals surface area contributed by atoms with Gasteiger partial charge in [0.05, 0.1) is 12.0 Å². The van der Waals surface area contributed by atoms with Gasteiger partial charge in [-0.05, 0) is 38.2 Å². The SMILES string of the molecule is C#CC(OC(C)C(C)C(=O)O)C(C)CCc1ccccc1.CC. The summed E-state index contributed by atoms with van der Waals surface area (Å²) in [6.07, 6.45) is 6.64. The molecule has 0 aliphatic rings. The molecule has 3 nitrogen and oxygen atoms in total. The predicted octanol–water partition coefficient (Wildman–Crippen LogP) is 4.41. The monoisotopic (exact) mass is 318 g/mol. The number of benzene rings is 1. The number of ether oxygens (including phenoxy) is 1. The van der Waals surface area contributed by atoms with Gasteiger partial charge >= 0.3 is 5.97 Å². The summed E-state index contributed by atoms with van der Waals surface area (Å²) in [5, 5.41) is 9.00. The molecule has 1 rings (SSSR count). The summed E-state index contributed by atoms with van der Waals surface area (Å²) < 4.78 is 5.76. The minimum atomic E-state index is -0.866. The number of aryl methyl sites for hydroxylation is 1. The van der Waals surface area contributed by atoms with Gasteiger partial charge in [-0.25, -0.2) is 0 Å². The molecule has 0 amide bonds. The number of carboxylic acids is 1. The first-order valence-corrected chi connectivity index (χ1v) is 8.34. The average molecular weight is 318 g/mol. The Labute approximate surface area is 141 Å². The largest absolute Gasteiger partial charge is 0.481 e. The summed E-state index contributed by atoms with van der Waals surface area (Å²) >= 11 is 0. The maximum atomic E-state index is 11.0. The Morgan fingerprint density at radius 2 is 1.78 bits per heavy atom. The second kappa shape index (κ2) is 11.7. The lowest BCUT2D eigenvalue weighted by Gasteiger charge is -2.25. The summed E-state index contributed by atoms with van der Waals surface area (Å²) in [5.74, 6) is 1.39. The Hall–Kier alpha value is -1.79. The molecule has 0 saturated carbocycles. The van der Waals surface area contributed by atoms with E-state index in [2.05, 4.69) is 18.1 Å². The van der Waals surface area contributed by atoms with E-state index in [0.717, 1.165) is 12.8 Å². The van der Waals surface area contributed by atoms with Crippen molar-refractivity contribution in [2.24, 2.45) is 11.8 Å². The molecule has 0 heterocycles. The van der Waals surface area contributed by atoms with Crippen LogP contribution in [0.2, 0.25) is 0 Å². The highest BCUT2D eigenvalue weighted by Crippen LogP contribution is 2.19. The molecule has 0 bridgehead atoms. The van der Waals surface area contributed by atoms with E-state index in [1.807, 2.05) is 39.0 Å². The summed E-state index contributed by atoms with van der Waals surface area (Å²) in [6, 6.07) is 10.2. The normalized spacial score (nSPS) is 15.3. The number of aliphatic carboxylic acids is 1. The van der Waals surface area contributed by atoms with E-state index in [1.54, 1.807) is 13.8 Å². The van der Waals surface area contributed by atoms with Gasteiger partial charge in [0.25, 0.3) is 0 Å². The van der Waals surface area contributed by atoms with Crippen LogP contribution in [-0.4, -0.2) is 23.3 Å². The van der Waals surface area contributed by atoms with E-state index in [-0.39, 0.29) is 12.0 Å². The summed E-state index contributed by atoms with van der Waals surface area (Å²) in [7, 11) is 0. The number of carbonyl (C=O) groups is 1. The Bertz CT molecular complexity index is 475. The van der Waals surface area contributed by atoms with Crippen LogP contribution in [0.3, 0.4) is 0 Å². The Balaban J connectivity index is 0.00000232. The Morgan fingerprint density at radius 3 is 2.26 bits per heavy atom. The summed E-state index contributed by atoms with van der Waals surface area (Å²) in [4.78, 5) is 11.0. The second-order valence-electron chi connectivity index (χ2n) is 5.56. The first-order chi connectivity index (χ1) is 11.0. The third-order valence-corrected chi connectivity index (χ3v) is 3.87. The van der Waals surface area contributed by atoms with Crippen molar-refractivity contribution in [3.63, 3.8) is 0 Å². The van der Waals surface area contributed by atoms with Gasteiger partial charge in [0, 0.05) is 0 Å². The molecular weight excluding hydrogens is 288 g/mol. The van der Waals surface area contributed by atoms with Gasteiger partial charge in [-0.3, -0.25) is 4.79 Å². The first kappa shape index (κ1) is 21.2. The van der Waals surface area contributed by atoms with Crippen LogP contribution in [0.5, 0.6) is 0 Å². The van der Waals surface area contributed by atoms with Gasteiger partial charge in [0.1, 0.15) is 6.10 Å². The molecule has 23 heavy (non-hydrogen) atoms. The van der Waals surface area contributed by atoms with Crippen LogP contribution < -0.4 is 0 Å². The molecular formula is C20H30O3. The molecule has 1 N–H and O–H groups in total. The highest BCUT2D eigenvalue weighted by molar-refractivity contribution is 5.70. The van der Waals surface area contributed by atoms with Crippen molar-refractivity contribution in [1.82, 2.24) is 0 Å². The number of terminal acetylenes is 1. The van der Waals surface area contributed by atoms with Crippen molar-refractivity contribution in [3.8, 4) is 12.3 Å². The van der Waals surface area contributed by atoms with E-state index in [4.69, 9.17) is 16.3 Å². The maximum absolute atomic E-state index is 11.0. The van der Waals surface area contributed by atoms with Gasteiger partial charge < -0.3 is 9.84 Å². The third-order valence-electron chi connectivity index (χ3n) is 3.87. The van der Waals surface area contributed by atoms with Crippen LogP contribution in [0, 0.1) is 24.2 Å². The van der Waals surface area contributed by atoms with Crippen molar-refractivity contribution in [2.75, 3.05) is 0 Å². The lowest BCUT2D eigenvalue weighted by Crippen LogP contribution is -2.32. The minimum absolute atomic E-state index is 0.179. The number of hydrogen-bond acceptors (Lipinski definition) is 2. The molecule has 128 valence electrons. The fourth-order valence-electron chi connectivity index (χ4n) is 2.08. The molecule has 1 aromatic rings. The van der Waals surface area contributed by atoms with Gasteiger partial charge in [-0.2, -0.15) is 0 Å². The molecule has 0 fully saturated rings. The fourth-order valence-corrected chi connectivity index (χ4v) is 2.08. The van der Waals surface area contributed by atoms with Gasteiger partial charge in [-0.15, -0.1) is 6.42 Å². The van der Waals surface area contributed by atoms with Crippen LogP contribution in [0.25, 0.3) is 0 Å². The summed E-state index contributed by atoms with van der Waals surface area (Å²) in [6.45, 7) is 9.44. The van der Waals surface area contributed by atoms with E-state index in [1.165, 1.54) is 5.56 Å². The number of hydrogen-bond donors (Lipinski definition) is 1. The van der Waals surface area contributed by atoms with E-state index >= 15 is 0 Å². The van der Waals surface area contributed by atoms with Crippen LogP contribution in [0.1, 0.15) is 46.6 Å². The van der Waals surface area contributed by atoms with Crippen molar-refractivity contribution in [1.29, 1.82) is 0 Å². The zero-order valence-corrected chi connectivity index (χ0v) is 15.0. The van der Waals surface area contributed by atoms with Crippen molar-refractivity contribution in [3.05, 3.63) is 35.9 Å². The quantitative estimate of drug-likeness (QED) is 0.722. The van der Waals surface area contributed by atoms with Gasteiger partial charge in [-0.1, -0.05) is 57.0 Å². The predicted molar refractivity (Wildman–Crippen MR) is 95.2 cm³/mol. The second-order valence-corrected chi connectivity index (χ2v) is 5.56. The zero-order chi connectivity index (χ0) is 17.8. The van der Waals surface area contributed by atoms with Crippen LogP contribution in [0.15, 0.2) is 30.3 Å². The Kier molecular flexibility index (Phi) is 10.8. The first-order valence-electron chi connectivity index (χ1n) is 8.34. The molecule has 1 aromatic carbocycles. The van der Waals surface area contributed by atoms with E-state index < -0.39 is 18.0 Å². The van der Waals surface area contributed by atoms with Crippen molar-refractivity contribution >= 4 is 5.97 Å². The van der Waals surface area contributed by atoms with Crippen molar-refractivity contribution < 1.29 is 14.6 Å². The average Bonchev–Trinajstić information content (AvgIpc) is 2.59. The molecule has 0 aliphatic carbocycles. The van der Waals surface area contributed by atoms with E-state index in [9.17, 15) is 4.79 Å². The minimum Gasteiger partial charge on any atom is -0.481 e. The van der Waals surface area contributed by atoms with E-state index in [0.29, 0.717) is 0 Å². The Morgan fingerprint density at radius 1 is 1.22 bits per heavy atom. The molecule has 0 aliphatic heterocycles. The van der Waals surface area contributed by atoms with Gasteiger partial charge in [0.15, 0.2) is 0 Å². The van der Waals surface area contributed by atoms with Crippen LogP contribution >= 0.6 is 0 Å². The third kappa shape index (κ3) is 7.85. The molecule has 0 spiro atoms. The molecule has 0 saturated heterocycles. The molecule has 3 heteroatoms. The topological polar surface area (TPSA) is 46.5 Å². The fraction of sp³-hybridized carbons (Fsp3) is 0.550. The molecule has 4 unspecified atom stereocenters. The smallest absolute Gasteiger partial charge is 0.308 e. The van der Waals surface area contributed by atoms with Crippen molar-refractivity contribution in [2.45, 2.75) is 59.7 Å². The van der Waals surface area contributed by atoms with Crippen LogP contribution in [0.4, 0.5) is 0 Å². The van der Waals surface area contributed by atoms with Gasteiger partial charge in [0.2, 0.25) is 0 Å². The highest BCUT2D eigenvalue weighted by atomic mass is 16.5. The lowest BCUT2D eigenvalue weighted by atomic mass is 9.95.